The molecule has 2 heteroatoms. The van der Waals surface area contributed by atoms with Crippen molar-refractivity contribution < 1.29 is 0 Å². The Hall–Kier alpha value is -0.340. The number of rotatable bonds is 3. The van der Waals surface area contributed by atoms with Crippen molar-refractivity contribution >= 4 is 11.3 Å². The van der Waals surface area contributed by atoms with Crippen LogP contribution in [0.2, 0.25) is 0 Å². The summed E-state index contributed by atoms with van der Waals surface area (Å²) >= 11 is 1.98. The Bertz CT molecular complexity index is 398. The van der Waals surface area contributed by atoms with Crippen LogP contribution in [-0.2, 0) is 19.4 Å². The molecule has 0 aromatic carbocycles. The van der Waals surface area contributed by atoms with Gasteiger partial charge in [0.1, 0.15) is 0 Å². The molecular formula is C16H27NS. The third-order valence-electron chi connectivity index (χ3n) is 4.17. The molecule has 1 aromatic rings. The van der Waals surface area contributed by atoms with Gasteiger partial charge in [0, 0.05) is 17.5 Å². The van der Waals surface area contributed by atoms with E-state index in [2.05, 4.69) is 45.3 Å². The van der Waals surface area contributed by atoms with Gasteiger partial charge in [-0.05, 0) is 47.1 Å². The van der Waals surface area contributed by atoms with Crippen molar-refractivity contribution in [2.75, 3.05) is 0 Å². The Labute approximate surface area is 116 Å². The van der Waals surface area contributed by atoms with Gasteiger partial charge >= 0.3 is 0 Å². The molecule has 102 valence electrons. The zero-order valence-electron chi connectivity index (χ0n) is 12.5. The lowest BCUT2D eigenvalue weighted by atomic mass is 9.72. The molecule has 0 saturated carbocycles. The molecule has 1 heterocycles. The molecule has 0 aliphatic heterocycles. The van der Waals surface area contributed by atoms with Crippen LogP contribution in [-0.4, -0.2) is 6.04 Å². The minimum Gasteiger partial charge on any atom is -0.310 e. The lowest BCUT2D eigenvalue weighted by Crippen LogP contribution is -2.27. The van der Waals surface area contributed by atoms with E-state index in [9.17, 15) is 0 Å². The quantitative estimate of drug-likeness (QED) is 0.854. The molecule has 18 heavy (non-hydrogen) atoms. The number of hydrogen-bond donors (Lipinski definition) is 1. The summed E-state index contributed by atoms with van der Waals surface area (Å²) in [6.07, 6.45) is 3.95. The Balaban J connectivity index is 2.07. The topological polar surface area (TPSA) is 12.0 Å². The molecule has 0 bridgehead atoms. The van der Waals surface area contributed by atoms with Gasteiger partial charge in [-0.15, -0.1) is 11.3 Å². The van der Waals surface area contributed by atoms with Crippen molar-refractivity contribution in [2.45, 2.75) is 66.5 Å². The van der Waals surface area contributed by atoms with Gasteiger partial charge in [0.25, 0.3) is 0 Å². The first kappa shape index (κ1) is 14.1. The van der Waals surface area contributed by atoms with Crippen LogP contribution in [0.3, 0.4) is 0 Å². The highest BCUT2D eigenvalue weighted by Gasteiger charge is 2.30. The fourth-order valence-corrected chi connectivity index (χ4v) is 3.96. The van der Waals surface area contributed by atoms with Crippen molar-refractivity contribution in [3.8, 4) is 0 Å². The monoisotopic (exact) mass is 265 g/mol. The van der Waals surface area contributed by atoms with Gasteiger partial charge < -0.3 is 5.32 Å². The number of fused-ring (bicyclic) bond motifs is 1. The Morgan fingerprint density at radius 2 is 2.11 bits per heavy atom. The van der Waals surface area contributed by atoms with Gasteiger partial charge in [-0.3, -0.25) is 0 Å². The number of hydrogen-bond acceptors (Lipinski definition) is 2. The zero-order chi connectivity index (χ0) is 13.3. The van der Waals surface area contributed by atoms with Gasteiger partial charge in [0.05, 0.1) is 0 Å². The van der Waals surface area contributed by atoms with E-state index in [0.717, 1.165) is 12.5 Å². The fraction of sp³-hybridized carbons (Fsp3) is 0.750. The van der Waals surface area contributed by atoms with Crippen molar-refractivity contribution in [1.82, 2.24) is 5.32 Å². The second-order valence-electron chi connectivity index (χ2n) is 7.00. The normalized spacial score (nSPS) is 20.2. The molecule has 1 N–H and O–H groups in total. The summed E-state index contributed by atoms with van der Waals surface area (Å²) in [4.78, 5) is 1.65. The SMILES string of the molecule is CC(C)NCc1csc2c1CCC(C(C)(C)C)C2. The molecule has 1 aliphatic rings. The maximum absolute atomic E-state index is 3.55. The smallest absolute Gasteiger partial charge is 0.0218 e. The third-order valence-corrected chi connectivity index (χ3v) is 5.27. The standard InChI is InChI=1S/C16H27NS/c1-11(2)17-9-12-10-18-15-8-13(16(3,4)5)6-7-14(12)15/h10-11,13,17H,6-9H2,1-5H3. The van der Waals surface area contributed by atoms with Crippen molar-refractivity contribution in [3.05, 3.63) is 21.4 Å². The van der Waals surface area contributed by atoms with Gasteiger partial charge in [-0.25, -0.2) is 0 Å². The van der Waals surface area contributed by atoms with E-state index in [1.54, 1.807) is 16.0 Å². The summed E-state index contributed by atoms with van der Waals surface area (Å²) in [6.45, 7) is 12.6. The van der Waals surface area contributed by atoms with Crippen LogP contribution in [0.25, 0.3) is 0 Å². The van der Waals surface area contributed by atoms with E-state index in [-0.39, 0.29) is 0 Å². The molecule has 1 aliphatic carbocycles. The van der Waals surface area contributed by atoms with Crippen LogP contribution < -0.4 is 5.32 Å². The average Bonchev–Trinajstić information content (AvgIpc) is 2.67. The molecule has 2 rings (SSSR count). The van der Waals surface area contributed by atoms with Crippen LogP contribution in [0.5, 0.6) is 0 Å². The molecule has 0 spiro atoms. The summed E-state index contributed by atoms with van der Waals surface area (Å²) in [6, 6.07) is 0.575. The maximum Gasteiger partial charge on any atom is 0.0218 e. The molecule has 0 amide bonds. The third kappa shape index (κ3) is 3.16. The highest BCUT2D eigenvalue weighted by Crippen LogP contribution is 2.40. The van der Waals surface area contributed by atoms with Crippen molar-refractivity contribution in [2.24, 2.45) is 11.3 Å². The first-order chi connectivity index (χ1) is 8.38. The predicted molar refractivity (Wildman–Crippen MR) is 81.3 cm³/mol. The van der Waals surface area contributed by atoms with Crippen molar-refractivity contribution in [1.29, 1.82) is 0 Å². The second-order valence-corrected chi connectivity index (χ2v) is 7.97. The van der Waals surface area contributed by atoms with E-state index < -0.39 is 0 Å². The zero-order valence-corrected chi connectivity index (χ0v) is 13.3. The summed E-state index contributed by atoms with van der Waals surface area (Å²) in [7, 11) is 0. The summed E-state index contributed by atoms with van der Waals surface area (Å²) in [5.74, 6) is 0.856. The molecule has 0 radical (unpaired) electrons. The van der Waals surface area contributed by atoms with Crippen LogP contribution in [0, 0.1) is 11.3 Å². The number of thiophene rings is 1. The van der Waals surface area contributed by atoms with Gasteiger partial charge in [0.2, 0.25) is 0 Å². The second kappa shape index (κ2) is 5.34. The Morgan fingerprint density at radius 3 is 2.72 bits per heavy atom. The van der Waals surface area contributed by atoms with E-state index >= 15 is 0 Å². The van der Waals surface area contributed by atoms with Crippen LogP contribution >= 0.6 is 11.3 Å². The molecule has 1 unspecified atom stereocenters. The lowest BCUT2D eigenvalue weighted by molar-refractivity contribution is 0.217. The van der Waals surface area contributed by atoms with E-state index in [1.807, 2.05) is 11.3 Å². The molecule has 0 saturated heterocycles. The van der Waals surface area contributed by atoms with Gasteiger partial charge in [-0.1, -0.05) is 34.6 Å². The first-order valence-electron chi connectivity index (χ1n) is 7.19. The summed E-state index contributed by atoms with van der Waals surface area (Å²) in [5, 5.41) is 5.93. The molecule has 1 atom stereocenters. The maximum atomic E-state index is 3.55. The lowest BCUT2D eigenvalue weighted by Gasteiger charge is -2.34. The fourth-order valence-electron chi connectivity index (χ4n) is 2.78. The average molecular weight is 265 g/mol. The first-order valence-corrected chi connectivity index (χ1v) is 8.07. The highest BCUT2D eigenvalue weighted by molar-refractivity contribution is 7.10. The van der Waals surface area contributed by atoms with E-state index in [0.29, 0.717) is 11.5 Å². The van der Waals surface area contributed by atoms with E-state index in [4.69, 9.17) is 0 Å². The molecule has 0 fully saturated rings. The highest BCUT2D eigenvalue weighted by atomic mass is 32.1. The summed E-state index contributed by atoms with van der Waals surface area (Å²) < 4.78 is 0. The Morgan fingerprint density at radius 1 is 1.39 bits per heavy atom. The minimum atomic E-state index is 0.456. The van der Waals surface area contributed by atoms with Crippen LogP contribution in [0.4, 0.5) is 0 Å². The van der Waals surface area contributed by atoms with Crippen LogP contribution in [0.1, 0.15) is 57.0 Å². The molecular weight excluding hydrogens is 238 g/mol. The summed E-state index contributed by atoms with van der Waals surface area (Å²) in [5.41, 5.74) is 3.67. The molecule has 1 aromatic heterocycles. The van der Waals surface area contributed by atoms with Crippen molar-refractivity contribution in [3.63, 3.8) is 0 Å². The predicted octanol–water partition coefficient (Wildman–Crippen LogP) is 4.40. The number of nitrogens with one attached hydrogen (secondary N) is 1. The van der Waals surface area contributed by atoms with Gasteiger partial charge in [0.15, 0.2) is 0 Å². The molecule has 1 nitrogen and oxygen atoms in total. The van der Waals surface area contributed by atoms with E-state index in [1.165, 1.54) is 19.3 Å². The largest absolute Gasteiger partial charge is 0.310 e. The van der Waals surface area contributed by atoms with Crippen LogP contribution in [0.15, 0.2) is 5.38 Å². The minimum absolute atomic E-state index is 0.456. The van der Waals surface area contributed by atoms with Gasteiger partial charge in [-0.2, -0.15) is 0 Å². The Kier molecular flexibility index (Phi) is 4.18.